The van der Waals surface area contributed by atoms with Crippen LogP contribution in [0.1, 0.15) is 11.1 Å². The molecule has 0 aliphatic carbocycles. The minimum Gasteiger partial charge on any atom is -0.497 e. The summed E-state index contributed by atoms with van der Waals surface area (Å²) in [6.07, 6.45) is 3.17. The standard InChI is InChI=1S/C25H26N4O3S.ClH/c1-29-23(30)25(27-24(29)26,19-10-6-5-7-11-19)20-12-8-9-17(13-20)18-14-21(28-33(3,4)31)16-22(15-18)32-2;/h5-16H,1-4H3,(H2,26,27);1H. The third kappa shape index (κ3) is 4.64. The quantitative estimate of drug-likeness (QED) is 0.570. The second-order valence-corrected chi connectivity index (χ2v) is 10.7. The third-order valence-electron chi connectivity index (χ3n) is 5.50. The summed E-state index contributed by atoms with van der Waals surface area (Å²) >= 11 is 0. The summed E-state index contributed by atoms with van der Waals surface area (Å²) in [4.78, 5) is 19.5. The van der Waals surface area contributed by atoms with Crippen molar-refractivity contribution in [2.45, 2.75) is 5.54 Å². The van der Waals surface area contributed by atoms with Crippen molar-refractivity contribution in [1.82, 2.24) is 4.90 Å². The molecule has 1 atom stereocenters. The number of carbonyl (C=O) groups excluding carboxylic acids is 1. The molecule has 0 saturated heterocycles. The number of carbonyl (C=O) groups is 1. The topological polar surface area (TPSA) is 97.3 Å². The molecule has 0 bridgehead atoms. The van der Waals surface area contributed by atoms with E-state index in [-0.39, 0.29) is 24.3 Å². The van der Waals surface area contributed by atoms with Crippen molar-refractivity contribution < 1.29 is 13.7 Å². The average Bonchev–Trinajstić information content (AvgIpc) is 3.03. The molecule has 0 spiro atoms. The van der Waals surface area contributed by atoms with Crippen LogP contribution in [0.4, 0.5) is 5.69 Å². The molecule has 0 radical (unpaired) electrons. The lowest BCUT2D eigenvalue weighted by atomic mass is 9.81. The van der Waals surface area contributed by atoms with E-state index < -0.39 is 15.3 Å². The van der Waals surface area contributed by atoms with Crippen LogP contribution in [0.2, 0.25) is 0 Å². The summed E-state index contributed by atoms with van der Waals surface area (Å²) in [5.41, 5.74) is 8.45. The number of ether oxygens (including phenoxy) is 1. The highest BCUT2D eigenvalue weighted by atomic mass is 35.5. The number of nitrogens with zero attached hydrogens (tertiary/aromatic N) is 3. The fraction of sp³-hybridized carbons (Fsp3) is 0.200. The van der Waals surface area contributed by atoms with E-state index >= 15 is 0 Å². The number of halogens is 1. The summed E-state index contributed by atoms with van der Waals surface area (Å²) in [5.74, 6) is 0.538. The lowest BCUT2D eigenvalue weighted by molar-refractivity contribution is -0.129. The molecule has 4 rings (SSSR count). The zero-order valence-corrected chi connectivity index (χ0v) is 21.0. The lowest BCUT2D eigenvalue weighted by Gasteiger charge is -2.26. The highest BCUT2D eigenvalue weighted by molar-refractivity contribution is 7.92. The molecule has 1 unspecified atom stereocenters. The summed E-state index contributed by atoms with van der Waals surface area (Å²) in [7, 11) is 0.846. The Morgan fingerprint density at radius 3 is 2.24 bits per heavy atom. The van der Waals surface area contributed by atoms with Crippen molar-refractivity contribution in [3.05, 3.63) is 83.9 Å². The van der Waals surface area contributed by atoms with Gasteiger partial charge in [-0.25, -0.2) is 9.20 Å². The largest absolute Gasteiger partial charge is 0.497 e. The van der Waals surface area contributed by atoms with Gasteiger partial charge in [-0.2, -0.15) is 4.36 Å². The zero-order valence-electron chi connectivity index (χ0n) is 19.4. The van der Waals surface area contributed by atoms with Gasteiger partial charge in [-0.1, -0.05) is 48.5 Å². The van der Waals surface area contributed by atoms with Gasteiger partial charge >= 0.3 is 0 Å². The molecule has 178 valence electrons. The monoisotopic (exact) mass is 498 g/mol. The molecule has 3 aromatic rings. The Kier molecular flexibility index (Phi) is 7.05. The summed E-state index contributed by atoms with van der Waals surface area (Å²) < 4.78 is 22.0. The predicted octanol–water partition coefficient (Wildman–Crippen LogP) is 4.17. The van der Waals surface area contributed by atoms with E-state index in [2.05, 4.69) is 9.36 Å². The Morgan fingerprint density at radius 2 is 1.65 bits per heavy atom. The van der Waals surface area contributed by atoms with Crippen molar-refractivity contribution in [2.75, 3.05) is 26.7 Å². The molecule has 34 heavy (non-hydrogen) atoms. The van der Waals surface area contributed by atoms with Gasteiger partial charge in [-0.05, 0) is 40.5 Å². The summed E-state index contributed by atoms with van der Waals surface area (Å²) in [5, 5.41) is 0. The molecular formula is C25H27ClN4O3S. The van der Waals surface area contributed by atoms with Gasteiger partial charge in [-0.15, -0.1) is 12.4 Å². The Hall–Kier alpha value is -3.36. The maximum absolute atomic E-state index is 13.5. The second-order valence-electron chi connectivity index (χ2n) is 8.18. The highest BCUT2D eigenvalue weighted by Crippen LogP contribution is 2.41. The number of hydrogen-bond acceptors (Lipinski definition) is 6. The minimum absolute atomic E-state index is 0. The number of amides is 1. The van der Waals surface area contributed by atoms with Crippen molar-refractivity contribution in [3.8, 4) is 16.9 Å². The van der Waals surface area contributed by atoms with Gasteiger partial charge in [0.2, 0.25) is 0 Å². The smallest absolute Gasteiger partial charge is 0.266 e. The van der Waals surface area contributed by atoms with Gasteiger partial charge in [0.1, 0.15) is 5.75 Å². The first-order valence-electron chi connectivity index (χ1n) is 10.3. The van der Waals surface area contributed by atoms with Crippen molar-refractivity contribution >= 4 is 39.7 Å². The number of rotatable bonds is 5. The molecule has 7 nitrogen and oxygen atoms in total. The Labute approximate surface area is 206 Å². The van der Waals surface area contributed by atoms with Crippen LogP contribution >= 0.6 is 12.4 Å². The van der Waals surface area contributed by atoms with Crippen LogP contribution in [0, 0.1) is 0 Å². The molecule has 0 fully saturated rings. The fourth-order valence-electron chi connectivity index (χ4n) is 3.96. The van der Waals surface area contributed by atoms with E-state index in [0.29, 0.717) is 17.0 Å². The van der Waals surface area contributed by atoms with Crippen LogP contribution in [0.5, 0.6) is 5.75 Å². The SMILES string of the molecule is COc1cc(N=S(C)(C)=O)cc(-c2cccc(C3(c4ccccc4)N=C(N)N(C)C3=O)c2)c1.Cl. The average molecular weight is 499 g/mol. The van der Waals surface area contributed by atoms with Gasteiger partial charge in [0.25, 0.3) is 5.91 Å². The van der Waals surface area contributed by atoms with Gasteiger partial charge < -0.3 is 10.5 Å². The molecule has 2 N–H and O–H groups in total. The number of nitrogens with two attached hydrogens (primary N) is 1. The number of methoxy groups -OCH3 is 1. The van der Waals surface area contributed by atoms with Gasteiger partial charge in [0, 0.05) is 35.4 Å². The van der Waals surface area contributed by atoms with Crippen LogP contribution in [-0.4, -0.2) is 47.6 Å². The van der Waals surface area contributed by atoms with E-state index in [4.69, 9.17) is 10.5 Å². The maximum atomic E-state index is 13.5. The van der Waals surface area contributed by atoms with Gasteiger partial charge in [0.05, 0.1) is 12.8 Å². The Balaban J connectivity index is 0.00000324. The fourth-order valence-corrected chi connectivity index (χ4v) is 4.57. The molecule has 0 saturated carbocycles. The number of guanidine groups is 1. The summed E-state index contributed by atoms with van der Waals surface area (Å²) in [6, 6.07) is 22.5. The predicted molar refractivity (Wildman–Crippen MR) is 139 cm³/mol. The first-order chi connectivity index (χ1) is 15.6. The Morgan fingerprint density at radius 1 is 0.971 bits per heavy atom. The third-order valence-corrected chi connectivity index (χ3v) is 6.15. The van der Waals surface area contributed by atoms with E-state index in [0.717, 1.165) is 16.7 Å². The number of benzene rings is 3. The molecule has 9 heteroatoms. The van der Waals surface area contributed by atoms with E-state index in [1.54, 1.807) is 32.7 Å². The molecule has 3 aromatic carbocycles. The van der Waals surface area contributed by atoms with Gasteiger partial charge in [-0.3, -0.25) is 9.69 Å². The van der Waals surface area contributed by atoms with Crippen molar-refractivity contribution in [3.63, 3.8) is 0 Å². The van der Waals surface area contributed by atoms with Crippen LogP contribution < -0.4 is 10.5 Å². The molecule has 1 aliphatic heterocycles. The second kappa shape index (κ2) is 9.48. The zero-order chi connectivity index (χ0) is 23.8. The molecule has 0 aromatic heterocycles. The number of hydrogen-bond donors (Lipinski definition) is 1. The highest BCUT2D eigenvalue weighted by Gasteiger charge is 2.49. The number of likely N-dealkylation sites (N-methyl/N-ethyl adjacent to an activating group) is 1. The normalized spacial score (nSPS) is 17.7. The van der Waals surface area contributed by atoms with Crippen LogP contribution in [0.25, 0.3) is 11.1 Å². The van der Waals surface area contributed by atoms with E-state index in [1.165, 1.54) is 4.90 Å². The molecule has 1 heterocycles. The van der Waals surface area contributed by atoms with Gasteiger partial charge in [0.15, 0.2) is 11.5 Å². The first kappa shape index (κ1) is 25.3. The maximum Gasteiger partial charge on any atom is 0.266 e. The van der Waals surface area contributed by atoms with E-state index in [1.807, 2.05) is 66.7 Å². The van der Waals surface area contributed by atoms with Crippen molar-refractivity contribution in [1.29, 1.82) is 0 Å². The van der Waals surface area contributed by atoms with Crippen LogP contribution in [-0.2, 0) is 20.1 Å². The van der Waals surface area contributed by atoms with Crippen LogP contribution in [0.3, 0.4) is 0 Å². The lowest BCUT2D eigenvalue weighted by Crippen LogP contribution is -2.41. The molecule has 1 amide bonds. The minimum atomic E-state index is -2.35. The summed E-state index contributed by atoms with van der Waals surface area (Å²) in [6.45, 7) is 0. The Bertz CT molecular complexity index is 1380. The van der Waals surface area contributed by atoms with Crippen molar-refractivity contribution in [2.24, 2.45) is 15.1 Å². The van der Waals surface area contributed by atoms with Crippen LogP contribution in [0.15, 0.2) is 82.2 Å². The molecule has 1 aliphatic rings. The van der Waals surface area contributed by atoms with E-state index in [9.17, 15) is 9.00 Å². The first-order valence-corrected chi connectivity index (χ1v) is 12.6. The number of aliphatic imine (C=N–C) groups is 1. The molecular weight excluding hydrogens is 472 g/mol.